The van der Waals surface area contributed by atoms with Gasteiger partial charge in [-0.05, 0) is 12.8 Å². The summed E-state index contributed by atoms with van der Waals surface area (Å²) < 4.78 is 10.1. The van der Waals surface area contributed by atoms with E-state index < -0.39 is 0 Å². The van der Waals surface area contributed by atoms with Gasteiger partial charge in [-0.1, -0.05) is 0 Å². The molecule has 0 aromatic carbocycles. The average molecular weight is 266 g/mol. The van der Waals surface area contributed by atoms with Crippen LogP contribution in [0.5, 0.6) is 11.8 Å². The molecule has 0 atom stereocenters. The highest BCUT2D eigenvalue weighted by molar-refractivity contribution is 5.80. The van der Waals surface area contributed by atoms with Crippen LogP contribution in [0.1, 0.15) is 12.8 Å². The van der Waals surface area contributed by atoms with Crippen molar-refractivity contribution in [3.8, 4) is 11.8 Å². The van der Waals surface area contributed by atoms with Crippen LogP contribution in [-0.2, 0) is 4.79 Å². The maximum Gasteiger partial charge on any atom is 0.229 e. The molecule has 104 valence electrons. The quantitative estimate of drug-likeness (QED) is 0.696. The van der Waals surface area contributed by atoms with E-state index in [1.54, 1.807) is 6.07 Å². The molecule has 1 aromatic heterocycles. The molecule has 0 spiro atoms. The number of carbonyl (C=O) groups excluding carboxylic acids is 1. The van der Waals surface area contributed by atoms with Gasteiger partial charge >= 0.3 is 0 Å². The molecule has 2 rings (SSSR count). The Morgan fingerprint density at radius 3 is 2.42 bits per heavy atom. The fraction of sp³-hybridized carbons (Fsp3) is 0.583. The second-order valence-corrected chi connectivity index (χ2v) is 4.27. The third kappa shape index (κ3) is 3.97. The first-order valence-electron chi connectivity index (χ1n) is 6.21. The zero-order chi connectivity index (χ0) is 13.7. The fourth-order valence-electron chi connectivity index (χ4n) is 1.54. The van der Waals surface area contributed by atoms with Crippen LogP contribution in [0.15, 0.2) is 6.07 Å². The van der Waals surface area contributed by atoms with Gasteiger partial charge in [-0.25, -0.2) is 0 Å². The Morgan fingerprint density at radius 1 is 1.26 bits per heavy atom. The summed E-state index contributed by atoms with van der Waals surface area (Å²) in [5.74, 6) is 1.63. The molecule has 2 N–H and O–H groups in total. The molecule has 1 heterocycles. The summed E-state index contributed by atoms with van der Waals surface area (Å²) in [6, 6.07) is 1.60. The van der Waals surface area contributed by atoms with Crippen LogP contribution >= 0.6 is 0 Å². The van der Waals surface area contributed by atoms with Crippen molar-refractivity contribution >= 4 is 11.9 Å². The molecule has 0 saturated heterocycles. The number of aromatic nitrogens is 2. The summed E-state index contributed by atoms with van der Waals surface area (Å²) in [6.07, 6.45) is 2.02. The third-order valence-corrected chi connectivity index (χ3v) is 2.75. The first-order chi connectivity index (χ1) is 9.22. The number of rotatable bonds is 7. The summed E-state index contributed by atoms with van der Waals surface area (Å²) in [5, 5.41) is 5.86. The monoisotopic (exact) mass is 266 g/mol. The highest BCUT2D eigenvalue weighted by Gasteiger charge is 2.28. The van der Waals surface area contributed by atoms with E-state index in [2.05, 4.69) is 20.6 Å². The van der Waals surface area contributed by atoms with Crippen molar-refractivity contribution in [2.45, 2.75) is 12.8 Å². The van der Waals surface area contributed by atoms with Gasteiger partial charge < -0.3 is 20.1 Å². The third-order valence-electron chi connectivity index (χ3n) is 2.75. The molecule has 0 radical (unpaired) electrons. The number of anilines is 1. The number of amides is 1. The molecule has 0 aliphatic heterocycles. The van der Waals surface area contributed by atoms with Crippen molar-refractivity contribution in [2.24, 2.45) is 5.92 Å². The van der Waals surface area contributed by atoms with Crippen molar-refractivity contribution in [2.75, 3.05) is 32.6 Å². The molecular formula is C12H18N4O3. The molecular weight excluding hydrogens is 248 g/mol. The van der Waals surface area contributed by atoms with Gasteiger partial charge in [0.1, 0.15) is 0 Å². The standard InChI is InChI=1S/C12H18N4O3/c1-18-9-7-10(19-2)16-12(15-9)14-6-5-13-11(17)8-3-4-8/h7-8H,3-6H2,1-2H3,(H,13,17)(H,14,15,16). The number of hydrogen-bond donors (Lipinski definition) is 2. The predicted octanol–water partition coefficient (Wildman–Crippen LogP) is 0.432. The van der Waals surface area contributed by atoms with Crippen molar-refractivity contribution in [3.63, 3.8) is 0 Å². The Morgan fingerprint density at radius 2 is 1.89 bits per heavy atom. The molecule has 1 saturated carbocycles. The van der Waals surface area contributed by atoms with Gasteiger partial charge in [0, 0.05) is 19.0 Å². The maximum atomic E-state index is 11.4. The van der Waals surface area contributed by atoms with Gasteiger partial charge in [-0.15, -0.1) is 0 Å². The van der Waals surface area contributed by atoms with Gasteiger partial charge in [0.05, 0.1) is 20.3 Å². The minimum Gasteiger partial charge on any atom is -0.481 e. The predicted molar refractivity (Wildman–Crippen MR) is 69.4 cm³/mol. The van der Waals surface area contributed by atoms with Crippen LogP contribution < -0.4 is 20.1 Å². The number of carbonyl (C=O) groups is 1. The highest BCUT2D eigenvalue weighted by Crippen LogP contribution is 2.28. The van der Waals surface area contributed by atoms with E-state index in [1.165, 1.54) is 14.2 Å². The second kappa shape index (κ2) is 6.21. The zero-order valence-electron chi connectivity index (χ0n) is 11.1. The second-order valence-electron chi connectivity index (χ2n) is 4.27. The summed E-state index contributed by atoms with van der Waals surface area (Å²) in [6.45, 7) is 1.09. The molecule has 7 heteroatoms. The Bertz CT molecular complexity index is 426. The molecule has 7 nitrogen and oxygen atoms in total. The van der Waals surface area contributed by atoms with Crippen molar-refractivity contribution in [1.82, 2.24) is 15.3 Å². The lowest BCUT2D eigenvalue weighted by molar-refractivity contribution is -0.122. The van der Waals surface area contributed by atoms with Crippen LogP contribution in [0.4, 0.5) is 5.95 Å². The van der Waals surface area contributed by atoms with Gasteiger partial charge in [-0.3, -0.25) is 4.79 Å². The van der Waals surface area contributed by atoms with Crippen LogP contribution in [0.2, 0.25) is 0 Å². The van der Waals surface area contributed by atoms with Crippen LogP contribution in [0.25, 0.3) is 0 Å². The van der Waals surface area contributed by atoms with E-state index in [0.29, 0.717) is 30.8 Å². The van der Waals surface area contributed by atoms with E-state index in [4.69, 9.17) is 9.47 Å². The van der Waals surface area contributed by atoms with Gasteiger partial charge in [-0.2, -0.15) is 9.97 Å². The topological polar surface area (TPSA) is 85.4 Å². The van der Waals surface area contributed by atoms with E-state index in [0.717, 1.165) is 12.8 Å². The normalized spacial score (nSPS) is 13.8. The van der Waals surface area contributed by atoms with Crippen LogP contribution in [-0.4, -0.2) is 43.2 Å². The Balaban J connectivity index is 1.79. The molecule has 1 amide bonds. The lowest BCUT2D eigenvalue weighted by Crippen LogP contribution is -2.30. The van der Waals surface area contributed by atoms with Gasteiger partial charge in [0.25, 0.3) is 0 Å². The molecule has 19 heavy (non-hydrogen) atoms. The molecule has 1 aliphatic carbocycles. The van der Waals surface area contributed by atoms with Crippen molar-refractivity contribution < 1.29 is 14.3 Å². The van der Waals surface area contributed by atoms with Crippen molar-refractivity contribution in [1.29, 1.82) is 0 Å². The Labute approximate surface area is 111 Å². The van der Waals surface area contributed by atoms with Crippen LogP contribution in [0, 0.1) is 5.92 Å². The minimum atomic E-state index is 0.131. The number of hydrogen-bond acceptors (Lipinski definition) is 6. The van der Waals surface area contributed by atoms with Gasteiger partial charge in [0.2, 0.25) is 23.6 Å². The fourth-order valence-corrected chi connectivity index (χ4v) is 1.54. The summed E-state index contributed by atoms with van der Waals surface area (Å²) in [5.41, 5.74) is 0. The lowest BCUT2D eigenvalue weighted by atomic mass is 10.4. The van der Waals surface area contributed by atoms with E-state index in [9.17, 15) is 4.79 Å². The summed E-state index contributed by atoms with van der Waals surface area (Å²) >= 11 is 0. The number of methoxy groups -OCH3 is 2. The lowest BCUT2D eigenvalue weighted by Gasteiger charge is -2.09. The number of nitrogens with zero attached hydrogens (tertiary/aromatic N) is 2. The maximum absolute atomic E-state index is 11.4. The van der Waals surface area contributed by atoms with Crippen molar-refractivity contribution in [3.05, 3.63) is 6.07 Å². The molecule has 1 aliphatic rings. The Kier molecular flexibility index (Phi) is 4.38. The summed E-state index contributed by atoms with van der Waals surface area (Å²) in [4.78, 5) is 19.7. The Hall–Kier alpha value is -2.05. The SMILES string of the molecule is COc1cc(OC)nc(NCCNC(=O)C2CC2)n1. The number of nitrogens with one attached hydrogen (secondary N) is 2. The highest BCUT2D eigenvalue weighted by atomic mass is 16.5. The first kappa shape index (κ1) is 13.4. The summed E-state index contributed by atoms with van der Waals surface area (Å²) in [7, 11) is 3.06. The molecule has 0 bridgehead atoms. The smallest absolute Gasteiger partial charge is 0.229 e. The van der Waals surface area contributed by atoms with E-state index in [-0.39, 0.29) is 11.8 Å². The first-order valence-corrected chi connectivity index (χ1v) is 6.21. The molecule has 0 unspecified atom stereocenters. The minimum absolute atomic E-state index is 0.131. The zero-order valence-corrected chi connectivity index (χ0v) is 11.1. The number of ether oxygens (including phenoxy) is 2. The van der Waals surface area contributed by atoms with Crippen LogP contribution in [0.3, 0.4) is 0 Å². The molecule has 1 fully saturated rings. The average Bonchev–Trinajstić information content (AvgIpc) is 3.27. The van der Waals surface area contributed by atoms with E-state index in [1.807, 2.05) is 0 Å². The van der Waals surface area contributed by atoms with E-state index >= 15 is 0 Å². The largest absolute Gasteiger partial charge is 0.481 e. The molecule has 1 aromatic rings. The van der Waals surface area contributed by atoms with Gasteiger partial charge in [0.15, 0.2) is 0 Å².